The van der Waals surface area contributed by atoms with Gasteiger partial charge in [0.05, 0.1) is 5.52 Å². The SMILES string of the molecule is CC(C)(C)OC(=O)N(CC12CC(F)(C1)C2)c1cc2ccccc2n1C(=O)O. The molecule has 0 atom stereocenters. The van der Waals surface area contributed by atoms with Gasteiger partial charge in [0.25, 0.3) is 0 Å². The Morgan fingerprint density at radius 3 is 2.44 bits per heavy atom. The van der Waals surface area contributed by atoms with E-state index >= 15 is 0 Å². The van der Waals surface area contributed by atoms with E-state index in [0.29, 0.717) is 30.2 Å². The summed E-state index contributed by atoms with van der Waals surface area (Å²) in [6.45, 7) is 5.52. The molecule has 0 saturated heterocycles. The molecule has 1 aromatic carbocycles. The number of amides is 1. The van der Waals surface area contributed by atoms with Gasteiger partial charge in [-0.2, -0.15) is 0 Å². The maximum Gasteiger partial charge on any atom is 0.417 e. The average Bonchev–Trinajstić information content (AvgIpc) is 2.86. The average molecular weight is 374 g/mol. The number of aromatic nitrogens is 1. The molecule has 3 aliphatic carbocycles. The Morgan fingerprint density at radius 2 is 1.89 bits per heavy atom. The van der Waals surface area contributed by atoms with E-state index in [2.05, 4.69) is 0 Å². The first-order valence-corrected chi connectivity index (χ1v) is 9.04. The normalized spacial score (nSPS) is 26.2. The quantitative estimate of drug-likeness (QED) is 0.837. The fourth-order valence-corrected chi connectivity index (χ4v) is 4.46. The van der Waals surface area contributed by atoms with Gasteiger partial charge in [0.2, 0.25) is 0 Å². The lowest BCUT2D eigenvalue weighted by Gasteiger charge is -2.66. The highest BCUT2D eigenvalue weighted by Gasteiger charge is 2.69. The third kappa shape index (κ3) is 2.95. The molecule has 0 radical (unpaired) electrons. The maximum atomic E-state index is 14.0. The van der Waals surface area contributed by atoms with Crippen molar-refractivity contribution in [2.45, 2.75) is 51.3 Å². The maximum absolute atomic E-state index is 14.0. The van der Waals surface area contributed by atoms with Crippen molar-refractivity contribution in [2.24, 2.45) is 5.41 Å². The van der Waals surface area contributed by atoms with Gasteiger partial charge in [0.1, 0.15) is 17.1 Å². The second-order valence-electron chi connectivity index (χ2n) is 8.93. The van der Waals surface area contributed by atoms with Crippen LogP contribution < -0.4 is 4.90 Å². The number of hydrogen-bond acceptors (Lipinski definition) is 3. The van der Waals surface area contributed by atoms with E-state index in [-0.39, 0.29) is 17.8 Å². The van der Waals surface area contributed by atoms with Crippen molar-refractivity contribution in [3.8, 4) is 0 Å². The molecule has 3 aliphatic rings. The Hall–Kier alpha value is -2.57. The number of benzene rings is 1. The van der Waals surface area contributed by atoms with Crippen LogP contribution in [0, 0.1) is 5.41 Å². The second kappa shape index (κ2) is 5.47. The van der Waals surface area contributed by atoms with Gasteiger partial charge in [-0.05, 0) is 57.6 Å². The number of hydrogen-bond donors (Lipinski definition) is 1. The molecule has 0 aliphatic heterocycles. The van der Waals surface area contributed by atoms with Crippen molar-refractivity contribution in [1.29, 1.82) is 0 Å². The minimum absolute atomic E-state index is 0.232. The minimum Gasteiger partial charge on any atom is -0.464 e. The van der Waals surface area contributed by atoms with Crippen LogP contribution in [0.1, 0.15) is 40.0 Å². The summed E-state index contributed by atoms with van der Waals surface area (Å²) in [6, 6.07) is 8.71. The van der Waals surface area contributed by atoms with Gasteiger partial charge in [-0.25, -0.2) is 18.5 Å². The Labute approximate surface area is 156 Å². The Bertz CT molecular complexity index is 923. The van der Waals surface area contributed by atoms with E-state index in [0.717, 1.165) is 4.57 Å². The zero-order chi connectivity index (χ0) is 19.6. The molecule has 2 aromatic rings. The van der Waals surface area contributed by atoms with Gasteiger partial charge in [0.15, 0.2) is 0 Å². The highest BCUT2D eigenvalue weighted by Crippen LogP contribution is 2.69. The number of carbonyl (C=O) groups is 2. The van der Waals surface area contributed by atoms with E-state index in [1.54, 1.807) is 45.0 Å². The summed E-state index contributed by atoms with van der Waals surface area (Å²) < 4.78 is 20.6. The zero-order valence-electron chi connectivity index (χ0n) is 15.7. The van der Waals surface area contributed by atoms with Crippen molar-refractivity contribution in [2.75, 3.05) is 11.4 Å². The number of carboxylic acid groups (broad SMARTS) is 1. The molecule has 2 bridgehead atoms. The molecule has 1 amide bonds. The number of rotatable bonds is 3. The highest BCUT2D eigenvalue weighted by atomic mass is 19.1. The number of alkyl halides is 1. The first-order chi connectivity index (χ1) is 12.5. The zero-order valence-corrected chi connectivity index (χ0v) is 15.7. The van der Waals surface area contributed by atoms with Gasteiger partial charge in [0, 0.05) is 11.9 Å². The topological polar surface area (TPSA) is 71.8 Å². The summed E-state index contributed by atoms with van der Waals surface area (Å²) >= 11 is 0. The summed E-state index contributed by atoms with van der Waals surface area (Å²) in [5, 5.41) is 10.5. The van der Waals surface area contributed by atoms with E-state index < -0.39 is 23.5 Å². The molecule has 3 fully saturated rings. The van der Waals surface area contributed by atoms with Crippen molar-refractivity contribution in [3.05, 3.63) is 30.3 Å². The monoisotopic (exact) mass is 374 g/mol. The molecule has 5 rings (SSSR count). The van der Waals surface area contributed by atoms with Crippen molar-refractivity contribution < 1.29 is 23.8 Å². The predicted molar refractivity (Wildman–Crippen MR) is 99.1 cm³/mol. The number of ether oxygens (including phenoxy) is 1. The lowest BCUT2D eigenvalue weighted by atomic mass is 9.42. The van der Waals surface area contributed by atoms with E-state index in [4.69, 9.17) is 4.74 Å². The van der Waals surface area contributed by atoms with Gasteiger partial charge in [-0.15, -0.1) is 0 Å². The summed E-state index contributed by atoms with van der Waals surface area (Å²) in [7, 11) is 0. The Kier molecular flexibility index (Phi) is 3.61. The predicted octanol–water partition coefficient (Wildman–Crippen LogP) is 4.80. The summed E-state index contributed by atoms with van der Waals surface area (Å²) in [4.78, 5) is 26.2. The van der Waals surface area contributed by atoms with Crippen LogP contribution in [0.4, 0.5) is 19.8 Å². The van der Waals surface area contributed by atoms with E-state index in [1.165, 1.54) is 4.90 Å². The van der Waals surface area contributed by atoms with Crippen LogP contribution in [0.3, 0.4) is 0 Å². The third-order valence-electron chi connectivity index (χ3n) is 5.34. The molecule has 144 valence electrons. The molecular weight excluding hydrogens is 351 g/mol. The lowest BCUT2D eigenvalue weighted by Crippen LogP contribution is -2.68. The molecule has 0 spiro atoms. The molecule has 1 heterocycles. The van der Waals surface area contributed by atoms with E-state index in [9.17, 15) is 19.1 Å². The molecule has 6 nitrogen and oxygen atoms in total. The molecule has 1 N–H and O–H groups in total. The molecule has 7 heteroatoms. The van der Waals surface area contributed by atoms with Crippen molar-refractivity contribution in [3.63, 3.8) is 0 Å². The van der Waals surface area contributed by atoms with Crippen molar-refractivity contribution in [1.82, 2.24) is 4.57 Å². The summed E-state index contributed by atoms with van der Waals surface area (Å²) in [5.41, 5.74) is -1.62. The minimum atomic E-state index is -1.18. The number of anilines is 1. The number of para-hydroxylation sites is 1. The second-order valence-corrected chi connectivity index (χ2v) is 8.93. The Balaban J connectivity index is 1.76. The number of halogens is 1. The molecular formula is C20H23FN2O4. The first-order valence-electron chi connectivity index (χ1n) is 9.04. The lowest BCUT2D eigenvalue weighted by molar-refractivity contribution is -0.206. The van der Waals surface area contributed by atoms with Gasteiger partial charge < -0.3 is 9.84 Å². The first kappa shape index (κ1) is 17.8. The number of nitrogens with zero attached hydrogens (tertiary/aromatic N) is 2. The highest BCUT2D eigenvalue weighted by molar-refractivity contribution is 5.99. The largest absolute Gasteiger partial charge is 0.464 e. The summed E-state index contributed by atoms with van der Waals surface area (Å²) in [5.74, 6) is 0.232. The fourth-order valence-electron chi connectivity index (χ4n) is 4.46. The van der Waals surface area contributed by atoms with Crippen LogP contribution in [-0.2, 0) is 4.74 Å². The summed E-state index contributed by atoms with van der Waals surface area (Å²) in [6.07, 6.45) is -0.573. The molecule has 27 heavy (non-hydrogen) atoms. The van der Waals surface area contributed by atoms with Gasteiger partial charge in [-0.1, -0.05) is 18.2 Å². The van der Waals surface area contributed by atoms with Crippen LogP contribution in [0.15, 0.2) is 30.3 Å². The fraction of sp³-hybridized carbons (Fsp3) is 0.500. The van der Waals surface area contributed by atoms with E-state index in [1.807, 2.05) is 6.07 Å². The number of carbonyl (C=O) groups excluding carboxylic acids is 1. The number of fused-ring (bicyclic) bond motifs is 1. The van der Waals surface area contributed by atoms with Gasteiger partial charge >= 0.3 is 12.2 Å². The van der Waals surface area contributed by atoms with Crippen molar-refractivity contribution >= 4 is 28.9 Å². The standard InChI is InChI=1S/C20H23FN2O4/c1-18(2,3)27-17(26)22(12-19-9-20(21,10-19)11-19)15-8-13-6-4-5-7-14(13)23(15)16(24)25/h4-8H,9-12H2,1-3H3,(H,24,25). The molecule has 3 saturated carbocycles. The molecule has 0 unspecified atom stereocenters. The van der Waals surface area contributed by atoms with Crippen LogP contribution in [-0.4, -0.2) is 39.7 Å². The van der Waals surface area contributed by atoms with Crippen LogP contribution in [0.25, 0.3) is 10.9 Å². The third-order valence-corrected chi connectivity index (χ3v) is 5.34. The molecule has 1 aromatic heterocycles. The smallest absolute Gasteiger partial charge is 0.417 e. The van der Waals surface area contributed by atoms with Gasteiger partial charge in [-0.3, -0.25) is 4.90 Å². The Morgan fingerprint density at radius 1 is 1.26 bits per heavy atom. The van der Waals surface area contributed by atoms with Crippen LogP contribution in [0.5, 0.6) is 0 Å². The van der Waals surface area contributed by atoms with Crippen LogP contribution in [0.2, 0.25) is 0 Å². The van der Waals surface area contributed by atoms with Crippen LogP contribution >= 0.6 is 0 Å².